The van der Waals surface area contributed by atoms with E-state index in [1.807, 2.05) is 19.9 Å². The smallest absolute Gasteiger partial charge is 0.330 e. The summed E-state index contributed by atoms with van der Waals surface area (Å²) in [5.41, 5.74) is -1.26. The Balaban J connectivity index is 1.70. The minimum absolute atomic E-state index is 0.0690. The highest BCUT2D eigenvalue weighted by Crippen LogP contribution is 2.63. The van der Waals surface area contributed by atoms with E-state index in [1.54, 1.807) is 6.92 Å². The Hall–Kier alpha value is -0.950. The van der Waals surface area contributed by atoms with Gasteiger partial charge in [0.25, 0.3) is 0 Å². The molecule has 6 nitrogen and oxygen atoms in total. The van der Waals surface area contributed by atoms with E-state index in [0.717, 1.165) is 25.7 Å². The van der Waals surface area contributed by atoms with E-state index in [1.165, 1.54) is 6.08 Å². The molecule has 140 valence electrons. The van der Waals surface area contributed by atoms with E-state index < -0.39 is 23.3 Å². The van der Waals surface area contributed by atoms with Gasteiger partial charge in [-0.1, -0.05) is 6.92 Å². The summed E-state index contributed by atoms with van der Waals surface area (Å²) >= 11 is 0. The van der Waals surface area contributed by atoms with Crippen molar-refractivity contribution in [3.63, 3.8) is 0 Å². The van der Waals surface area contributed by atoms with Crippen molar-refractivity contribution in [2.24, 2.45) is 17.8 Å². The molecule has 5 aliphatic rings. The zero-order valence-electron chi connectivity index (χ0n) is 15.4. The van der Waals surface area contributed by atoms with Crippen LogP contribution in [-0.4, -0.2) is 35.9 Å². The van der Waals surface area contributed by atoms with E-state index in [2.05, 4.69) is 6.92 Å². The van der Waals surface area contributed by atoms with Gasteiger partial charge in [-0.2, -0.15) is 0 Å². The van der Waals surface area contributed by atoms with Crippen molar-refractivity contribution in [2.75, 3.05) is 6.61 Å². The summed E-state index contributed by atoms with van der Waals surface area (Å²) in [7, 11) is 0. The average molecular weight is 352 g/mol. The summed E-state index contributed by atoms with van der Waals surface area (Å²) in [6, 6.07) is 0. The second-order valence-corrected chi connectivity index (χ2v) is 8.24. The third kappa shape index (κ3) is 2.49. The van der Waals surface area contributed by atoms with E-state index in [-0.39, 0.29) is 11.9 Å². The van der Waals surface area contributed by atoms with Crippen LogP contribution in [-0.2, 0) is 28.8 Å². The highest BCUT2D eigenvalue weighted by molar-refractivity contribution is 5.82. The van der Waals surface area contributed by atoms with Crippen LogP contribution in [0.2, 0.25) is 0 Å². The normalized spacial score (nSPS) is 51.4. The molecule has 1 aliphatic carbocycles. The molecule has 0 aromatic rings. The average Bonchev–Trinajstić information content (AvgIpc) is 2.66. The standard InChI is InChI=1S/C19H28O6/c1-5-21-15(20)9-10-17(3)14-7-6-12(2)13-8-11-18(4)23-16(22-17)19(13,14)25-24-18/h9-10,12-14,16H,5-8,11H2,1-4H3/b10-9+/t12-,13+,14?,16-,17-,18-,19-/m1/s1. The fraction of sp³-hybridized carbons (Fsp3) is 0.842. The monoisotopic (exact) mass is 352 g/mol. The second kappa shape index (κ2) is 5.78. The molecule has 1 saturated carbocycles. The van der Waals surface area contributed by atoms with Crippen LogP contribution in [0, 0.1) is 17.8 Å². The van der Waals surface area contributed by atoms with Crippen molar-refractivity contribution in [3.05, 3.63) is 12.2 Å². The molecule has 0 aromatic carbocycles. The van der Waals surface area contributed by atoms with Crippen LogP contribution in [0.1, 0.15) is 53.4 Å². The first kappa shape index (κ1) is 17.5. The fourth-order valence-corrected chi connectivity index (χ4v) is 5.33. The molecule has 0 amide bonds. The van der Waals surface area contributed by atoms with Crippen molar-refractivity contribution >= 4 is 5.97 Å². The molecule has 7 atom stereocenters. The Labute approximate surface area is 148 Å². The topological polar surface area (TPSA) is 63.2 Å². The number of hydrogen-bond acceptors (Lipinski definition) is 6. The summed E-state index contributed by atoms with van der Waals surface area (Å²) in [5.74, 6) is -0.218. The molecule has 0 aromatic heterocycles. The Bertz CT molecular complexity index is 590. The molecule has 4 saturated heterocycles. The Morgan fingerprint density at radius 3 is 2.76 bits per heavy atom. The predicted octanol–water partition coefficient (Wildman–Crippen LogP) is 3.11. The summed E-state index contributed by atoms with van der Waals surface area (Å²) < 4.78 is 17.6. The molecule has 5 rings (SSSR count). The zero-order chi connectivity index (χ0) is 17.9. The Morgan fingerprint density at radius 2 is 2.00 bits per heavy atom. The van der Waals surface area contributed by atoms with Crippen LogP contribution in [0.5, 0.6) is 0 Å². The Morgan fingerprint density at radius 1 is 1.20 bits per heavy atom. The van der Waals surface area contributed by atoms with Gasteiger partial charge in [0.15, 0.2) is 11.9 Å². The molecule has 1 unspecified atom stereocenters. The number of esters is 1. The van der Waals surface area contributed by atoms with E-state index in [9.17, 15) is 4.79 Å². The lowest BCUT2D eigenvalue weighted by molar-refractivity contribution is -0.541. The van der Waals surface area contributed by atoms with Gasteiger partial charge in [0, 0.05) is 18.4 Å². The van der Waals surface area contributed by atoms with Gasteiger partial charge in [0.2, 0.25) is 5.79 Å². The molecule has 4 aliphatic heterocycles. The van der Waals surface area contributed by atoms with Gasteiger partial charge in [-0.25, -0.2) is 14.6 Å². The number of carbonyl (C=O) groups is 1. The maximum Gasteiger partial charge on any atom is 0.330 e. The van der Waals surface area contributed by atoms with Crippen LogP contribution in [0.15, 0.2) is 12.2 Å². The van der Waals surface area contributed by atoms with Crippen molar-refractivity contribution in [1.29, 1.82) is 0 Å². The summed E-state index contributed by atoms with van der Waals surface area (Å²) in [6.45, 7) is 8.34. The molecular formula is C19H28O6. The van der Waals surface area contributed by atoms with Crippen LogP contribution in [0.4, 0.5) is 0 Å². The lowest BCUT2D eigenvalue weighted by Gasteiger charge is -2.50. The highest BCUT2D eigenvalue weighted by Gasteiger charge is 2.73. The SMILES string of the molecule is CCOC(=O)/C=C/[C@@]1(C)O[C@@H]2O[C@@]3(C)CC[C@H]4[C@H](C)CCC1[C@@]24OO3. The van der Waals surface area contributed by atoms with Crippen LogP contribution in [0.3, 0.4) is 0 Å². The minimum atomic E-state index is -0.770. The van der Waals surface area contributed by atoms with E-state index in [0.29, 0.717) is 18.4 Å². The quantitative estimate of drug-likeness (QED) is 0.442. The first-order valence-electron chi connectivity index (χ1n) is 9.41. The number of hydrogen-bond donors (Lipinski definition) is 0. The number of rotatable bonds is 3. The van der Waals surface area contributed by atoms with Crippen LogP contribution in [0.25, 0.3) is 0 Å². The third-order valence-electron chi connectivity index (χ3n) is 6.61. The van der Waals surface area contributed by atoms with Crippen molar-refractivity contribution in [2.45, 2.75) is 76.7 Å². The lowest BCUT2D eigenvalue weighted by atomic mass is 9.60. The van der Waals surface area contributed by atoms with Gasteiger partial charge in [-0.3, -0.25) is 0 Å². The lowest BCUT2D eigenvalue weighted by Crippen LogP contribution is -2.61. The zero-order valence-corrected chi connectivity index (χ0v) is 15.4. The number of carbonyl (C=O) groups excluding carboxylic acids is 1. The molecule has 25 heavy (non-hydrogen) atoms. The molecule has 1 spiro atoms. The largest absolute Gasteiger partial charge is 0.463 e. The predicted molar refractivity (Wildman–Crippen MR) is 88.1 cm³/mol. The molecule has 0 radical (unpaired) electrons. The van der Waals surface area contributed by atoms with Crippen LogP contribution >= 0.6 is 0 Å². The fourth-order valence-electron chi connectivity index (χ4n) is 5.33. The molecular weight excluding hydrogens is 324 g/mol. The molecule has 4 heterocycles. The molecule has 5 fully saturated rings. The molecule has 6 heteroatoms. The third-order valence-corrected chi connectivity index (χ3v) is 6.61. The Kier molecular flexibility index (Phi) is 4.03. The van der Waals surface area contributed by atoms with E-state index in [4.69, 9.17) is 24.0 Å². The number of fused-ring (bicyclic) bond motifs is 2. The van der Waals surface area contributed by atoms with Gasteiger partial charge in [0.1, 0.15) is 0 Å². The van der Waals surface area contributed by atoms with Crippen molar-refractivity contribution in [3.8, 4) is 0 Å². The second-order valence-electron chi connectivity index (χ2n) is 8.24. The van der Waals surface area contributed by atoms with Gasteiger partial charge >= 0.3 is 5.97 Å². The first-order valence-corrected chi connectivity index (χ1v) is 9.41. The minimum Gasteiger partial charge on any atom is -0.463 e. The molecule has 2 bridgehead atoms. The van der Waals surface area contributed by atoms with Crippen molar-refractivity contribution in [1.82, 2.24) is 0 Å². The summed E-state index contributed by atoms with van der Waals surface area (Å²) in [4.78, 5) is 23.6. The van der Waals surface area contributed by atoms with Gasteiger partial charge in [-0.05, 0) is 57.9 Å². The maximum absolute atomic E-state index is 11.8. The highest BCUT2D eigenvalue weighted by atomic mass is 17.3. The first-order chi connectivity index (χ1) is 11.8. The summed E-state index contributed by atoms with van der Waals surface area (Å²) in [6.07, 6.45) is 6.64. The summed E-state index contributed by atoms with van der Waals surface area (Å²) in [5, 5.41) is 0. The van der Waals surface area contributed by atoms with Gasteiger partial charge in [-0.15, -0.1) is 0 Å². The number of ether oxygens (including phenoxy) is 3. The van der Waals surface area contributed by atoms with E-state index >= 15 is 0 Å². The van der Waals surface area contributed by atoms with Crippen molar-refractivity contribution < 1.29 is 28.8 Å². The van der Waals surface area contributed by atoms with Gasteiger partial charge < -0.3 is 14.2 Å². The molecule has 0 N–H and O–H groups in total. The maximum atomic E-state index is 11.8. The van der Waals surface area contributed by atoms with Crippen LogP contribution < -0.4 is 0 Å². The van der Waals surface area contributed by atoms with Gasteiger partial charge in [0.05, 0.1) is 12.2 Å².